The predicted octanol–water partition coefficient (Wildman–Crippen LogP) is 3.98. The summed E-state index contributed by atoms with van der Waals surface area (Å²) in [7, 11) is 0. The molecule has 2 aliphatic heterocycles. The summed E-state index contributed by atoms with van der Waals surface area (Å²) in [5.41, 5.74) is 3.15. The number of likely N-dealkylation sites (tertiary alicyclic amines) is 1. The Hall–Kier alpha value is -2.77. The molecule has 1 N–H and O–H groups in total. The molecule has 0 saturated carbocycles. The summed E-state index contributed by atoms with van der Waals surface area (Å²) >= 11 is 5.98. The lowest BCUT2D eigenvalue weighted by atomic mass is 9.99. The Morgan fingerprint density at radius 2 is 1.84 bits per heavy atom. The molecule has 31 heavy (non-hydrogen) atoms. The molecule has 164 valence electrons. The van der Waals surface area contributed by atoms with Crippen LogP contribution in [0.5, 0.6) is 5.75 Å². The van der Waals surface area contributed by atoms with Gasteiger partial charge in [-0.15, -0.1) is 0 Å². The molecule has 2 aliphatic rings. The van der Waals surface area contributed by atoms with Gasteiger partial charge in [-0.3, -0.25) is 4.79 Å². The van der Waals surface area contributed by atoms with Crippen LogP contribution in [0.25, 0.3) is 11.1 Å². The Labute approximate surface area is 186 Å². The largest absolute Gasteiger partial charge is 0.465 e. The van der Waals surface area contributed by atoms with Crippen LogP contribution >= 0.6 is 11.6 Å². The van der Waals surface area contributed by atoms with Crippen LogP contribution in [-0.4, -0.2) is 48.9 Å². The molecular weight excluding hydrogens is 420 g/mol. The number of carbonyl (C=O) groups excluding carboxylic acids is 2. The van der Waals surface area contributed by atoms with Crippen LogP contribution in [0.15, 0.2) is 42.5 Å². The first-order valence-corrected chi connectivity index (χ1v) is 10.8. The quantitative estimate of drug-likeness (QED) is 0.722. The van der Waals surface area contributed by atoms with Crippen LogP contribution in [0.2, 0.25) is 5.02 Å². The highest BCUT2D eigenvalue weighted by Crippen LogP contribution is 2.39. The number of fused-ring (bicyclic) bond motifs is 1. The lowest BCUT2D eigenvalue weighted by Gasteiger charge is -2.43. The van der Waals surface area contributed by atoms with E-state index in [2.05, 4.69) is 11.4 Å². The van der Waals surface area contributed by atoms with Crippen LogP contribution in [-0.2, 0) is 20.9 Å². The molecule has 0 radical (unpaired) electrons. The van der Waals surface area contributed by atoms with E-state index in [9.17, 15) is 9.59 Å². The lowest BCUT2D eigenvalue weighted by Crippen LogP contribution is -2.54. The molecule has 1 fully saturated rings. The molecule has 2 heterocycles. The second kappa shape index (κ2) is 9.16. The minimum Gasteiger partial charge on any atom is -0.465 e. The Bertz CT molecular complexity index is 955. The highest BCUT2D eigenvalue weighted by molar-refractivity contribution is 6.30. The second-order valence-electron chi connectivity index (χ2n) is 7.58. The summed E-state index contributed by atoms with van der Waals surface area (Å²) < 4.78 is 17.2. The number of urea groups is 1. The molecule has 0 atom stereocenters. The van der Waals surface area contributed by atoms with Crippen LogP contribution in [0.3, 0.4) is 0 Å². The zero-order chi connectivity index (χ0) is 21.8. The maximum Gasteiger partial charge on any atom is 0.325 e. The molecule has 1 saturated heterocycles. The van der Waals surface area contributed by atoms with Gasteiger partial charge in [0, 0.05) is 36.5 Å². The van der Waals surface area contributed by atoms with Gasteiger partial charge in [-0.25, -0.2) is 4.79 Å². The third-order valence-corrected chi connectivity index (χ3v) is 5.78. The van der Waals surface area contributed by atoms with E-state index >= 15 is 0 Å². The van der Waals surface area contributed by atoms with E-state index in [-0.39, 0.29) is 19.2 Å². The van der Waals surface area contributed by atoms with Crippen molar-refractivity contribution in [3.63, 3.8) is 0 Å². The first-order chi connectivity index (χ1) is 15.0. The summed E-state index contributed by atoms with van der Waals surface area (Å²) in [5, 5.41) is 3.30. The molecule has 7 nitrogen and oxygen atoms in total. The minimum atomic E-state index is -0.729. The van der Waals surface area contributed by atoms with E-state index in [1.165, 1.54) is 0 Å². The fourth-order valence-electron chi connectivity index (χ4n) is 3.82. The highest BCUT2D eigenvalue weighted by atomic mass is 35.5. The number of nitrogens with one attached hydrogen (secondary N) is 1. The van der Waals surface area contributed by atoms with Crippen molar-refractivity contribution < 1.29 is 23.8 Å². The average Bonchev–Trinajstić information content (AvgIpc) is 2.78. The molecule has 0 unspecified atom stereocenters. The number of halogens is 1. The van der Waals surface area contributed by atoms with Gasteiger partial charge in [-0.2, -0.15) is 0 Å². The van der Waals surface area contributed by atoms with Crippen LogP contribution in [0, 0.1) is 0 Å². The van der Waals surface area contributed by atoms with Gasteiger partial charge in [0.2, 0.25) is 5.79 Å². The summed E-state index contributed by atoms with van der Waals surface area (Å²) in [5.74, 6) is -0.366. The van der Waals surface area contributed by atoms with E-state index in [4.69, 9.17) is 25.8 Å². The number of piperidine rings is 1. The molecule has 1 spiro atoms. The van der Waals surface area contributed by atoms with Crippen molar-refractivity contribution >= 4 is 23.6 Å². The first-order valence-electron chi connectivity index (χ1n) is 10.4. The van der Waals surface area contributed by atoms with Crippen LogP contribution in [0.4, 0.5) is 4.79 Å². The van der Waals surface area contributed by atoms with Gasteiger partial charge < -0.3 is 24.4 Å². The lowest BCUT2D eigenvalue weighted by molar-refractivity contribution is -0.225. The van der Waals surface area contributed by atoms with Gasteiger partial charge in [0.1, 0.15) is 12.3 Å². The molecule has 8 heteroatoms. The SMILES string of the molecule is CCOC(=O)CNC(=O)N1CCC2(CC1)OCc1cc(-c3ccc(Cl)cc3)ccc1O2. The monoisotopic (exact) mass is 444 g/mol. The maximum atomic E-state index is 12.3. The summed E-state index contributed by atoms with van der Waals surface area (Å²) in [6.45, 7) is 3.29. The molecule has 2 aromatic rings. The van der Waals surface area contributed by atoms with Gasteiger partial charge in [0.05, 0.1) is 13.2 Å². The van der Waals surface area contributed by atoms with Crippen molar-refractivity contribution in [3.05, 3.63) is 53.1 Å². The molecule has 2 amide bonds. The first kappa shape index (κ1) is 21.5. The predicted molar refractivity (Wildman–Crippen MR) is 116 cm³/mol. The van der Waals surface area contributed by atoms with Gasteiger partial charge >= 0.3 is 12.0 Å². The van der Waals surface area contributed by atoms with Gasteiger partial charge in [0.15, 0.2) is 0 Å². The fourth-order valence-corrected chi connectivity index (χ4v) is 3.95. The van der Waals surface area contributed by atoms with Crippen molar-refractivity contribution in [1.29, 1.82) is 0 Å². The number of hydrogen-bond acceptors (Lipinski definition) is 5. The smallest absolute Gasteiger partial charge is 0.325 e. The standard InChI is InChI=1S/C23H25ClN2O5/c1-2-29-21(27)14-25-22(28)26-11-9-23(10-12-26)30-15-18-13-17(5-8-20(18)31-23)16-3-6-19(24)7-4-16/h3-8,13H,2,9-12,14-15H2,1H3,(H,25,28). The fraction of sp³-hybridized carbons (Fsp3) is 0.391. The summed E-state index contributed by atoms with van der Waals surface area (Å²) in [6, 6.07) is 13.5. The van der Waals surface area contributed by atoms with E-state index in [0.717, 1.165) is 22.4 Å². The normalized spacial score (nSPS) is 16.9. The Morgan fingerprint density at radius 3 is 2.55 bits per heavy atom. The zero-order valence-corrected chi connectivity index (χ0v) is 18.1. The molecule has 0 aromatic heterocycles. The van der Waals surface area contributed by atoms with Gasteiger partial charge in [-0.1, -0.05) is 29.8 Å². The second-order valence-corrected chi connectivity index (χ2v) is 8.02. The molecule has 2 aromatic carbocycles. The Balaban J connectivity index is 1.35. The third-order valence-electron chi connectivity index (χ3n) is 5.53. The number of carbonyl (C=O) groups is 2. The van der Waals surface area contributed by atoms with E-state index < -0.39 is 11.8 Å². The van der Waals surface area contributed by atoms with E-state index in [1.54, 1.807) is 11.8 Å². The minimum absolute atomic E-state index is 0.134. The third kappa shape index (κ3) is 4.94. The van der Waals surface area contributed by atoms with Crippen LogP contribution in [0.1, 0.15) is 25.3 Å². The number of benzene rings is 2. The Kier molecular flexibility index (Phi) is 6.34. The van der Waals surface area contributed by atoms with Crippen LogP contribution < -0.4 is 10.1 Å². The molecule has 0 aliphatic carbocycles. The van der Waals surface area contributed by atoms with Gasteiger partial charge in [0.25, 0.3) is 0 Å². The van der Waals surface area contributed by atoms with E-state index in [1.807, 2.05) is 36.4 Å². The van der Waals surface area contributed by atoms with E-state index in [0.29, 0.717) is 37.6 Å². The number of ether oxygens (including phenoxy) is 3. The van der Waals surface area contributed by atoms with Crippen molar-refractivity contribution in [2.45, 2.75) is 32.2 Å². The number of esters is 1. The maximum absolute atomic E-state index is 12.3. The van der Waals surface area contributed by atoms with Crippen molar-refractivity contribution in [2.24, 2.45) is 0 Å². The number of rotatable bonds is 4. The molecule has 4 rings (SSSR count). The summed E-state index contributed by atoms with van der Waals surface area (Å²) in [6.07, 6.45) is 1.11. The zero-order valence-electron chi connectivity index (χ0n) is 17.4. The highest BCUT2D eigenvalue weighted by Gasteiger charge is 2.42. The van der Waals surface area contributed by atoms with Crippen molar-refractivity contribution in [2.75, 3.05) is 26.2 Å². The molecule has 0 bridgehead atoms. The molecular formula is C23H25ClN2O5. The topological polar surface area (TPSA) is 77.1 Å². The van der Waals surface area contributed by atoms with Gasteiger partial charge in [-0.05, 0) is 42.3 Å². The number of hydrogen-bond donors (Lipinski definition) is 1. The average molecular weight is 445 g/mol. The number of amides is 2. The Morgan fingerprint density at radius 1 is 1.13 bits per heavy atom. The number of nitrogens with zero attached hydrogens (tertiary/aromatic N) is 1. The summed E-state index contributed by atoms with van der Waals surface area (Å²) in [4.78, 5) is 25.4. The van der Waals surface area contributed by atoms with Crippen molar-refractivity contribution in [1.82, 2.24) is 10.2 Å². The van der Waals surface area contributed by atoms with Crippen molar-refractivity contribution in [3.8, 4) is 16.9 Å².